The Hall–Kier alpha value is -5.43. The Balaban J connectivity index is 1.12. The third-order valence-corrected chi connectivity index (χ3v) is 7.64. The first-order chi connectivity index (χ1) is 20.6. The lowest BCUT2D eigenvalue weighted by molar-refractivity contribution is -0.119. The van der Waals surface area contributed by atoms with E-state index in [0.29, 0.717) is 24.2 Å². The fourth-order valence-corrected chi connectivity index (χ4v) is 5.45. The van der Waals surface area contributed by atoms with Crippen molar-refractivity contribution in [2.24, 2.45) is 4.99 Å². The molecule has 6 aromatic rings. The highest BCUT2D eigenvalue weighted by atomic mass is 16.2. The molecule has 7 nitrogen and oxygen atoms in total. The van der Waals surface area contributed by atoms with E-state index in [1.54, 1.807) is 12.1 Å². The summed E-state index contributed by atoms with van der Waals surface area (Å²) in [5.74, 6) is 0.248. The molecule has 0 aliphatic carbocycles. The van der Waals surface area contributed by atoms with Gasteiger partial charge in [-0.05, 0) is 53.3 Å². The molecule has 7 heteroatoms. The van der Waals surface area contributed by atoms with E-state index in [-0.39, 0.29) is 18.1 Å². The lowest BCUT2D eigenvalue weighted by Gasteiger charge is -2.18. The van der Waals surface area contributed by atoms with Crippen LogP contribution in [-0.4, -0.2) is 38.4 Å². The van der Waals surface area contributed by atoms with Gasteiger partial charge in [0.2, 0.25) is 0 Å². The second-order valence-corrected chi connectivity index (χ2v) is 10.6. The Kier molecular flexibility index (Phi) is 6.60. The summed E-state index contributed by atoms with van der Waals surface area (Å²) >= 11 is 0. The number of carbonyl (C=O) groups is 2. The zero-order valence-electron chi connectivity index (χ0n) is 22.7. The summed E-state index contributed by atoms with van der Waals surface area (Å²) in [7, 11) is 0. The molecule has 1 aliphatic rings. The number of para-hydroxylation sites is 1. The molecule has 0 radical (unpaired) electrons. The SMILES string of the molecule is O=C(N[C@@H](Cc1ccccc1)C(=O)CC1=Nc2ccccc2C1)c1ccc2nc(-c3cc4ccccc4cn3)[nH]c2c1. The van der Waals surface area contributed by atoms with Crippen molar-refractivity contribution in [1.29, 1.82) is 0 Å². The molecule has 0 saturated heterocycles. The lowest BCUT2D eigenvalue weighted by Crippen LogP contribution is -2.43. The third kappa shape index (κ3) is 5.20. The number of imidazole rings is 1. The highest BCUT2D eigenvalue weighted by molar-refractivity contribution is 6.09. The number of H-pyrrole nitrogens is 1. The van der Waals surface area contributed by atoms with Crippen molar-refractivity contribution < 1.29 is 9.59 Å². The van der Waals surface area contributed by atoms with Crippen LogP contribution in [0.4, 0.5) is 5.69 Å². The van der Waals surface area contributed by atoms with Crippen LogP contribution in [0.3, 0.4) is 0 Å². The predicted octanol–water partition coefficient (Wildman–Crippen LogP) is 6.41. The number of amides is 1. The van der Waals surface area contributed by atoms with Gasteiger partial charge in [0.1, 0.15) is 5.69 Å². The van der Waals surface area contributed by atoms with Gasteiger partial charge in [0.25, 0.3) is 5.91 Å². The van der Waals surface area contributed by atoms with Crippen LogP contribution >= 0.6 is 0 Å². The highest BCUT2D eigenvalue weighted by Crippen LogP contribution is 2.27. The smallest absolute Gasteiger partial charge is 0.251 e. The lowest BCUT2D eigenvalue weighted by atomic mass is 9.97. The largest absolute Gasteiger partial charge is 0.342 e. The summed E-state index contributed by atoms with van der Waals surface area (Å²) in [4.78, 5) is 44.3. The number of aromatic amines is 1. The van der Waals surface area contributed by atoms with E-state index in [4.69, 9.17) is 4.98 Å². The molecular formula is C35H27N5O2. The van der Waals surface area contributed by atoms with Crippen LogP contribution in [0.25, 0.3) is 33.3 Å². The Bertz CT molecular complexity index is 1990. The van der Waals surface area contributed by atoms with Gasteiger partial charge in [-0.1, -0.05) is 72.8 Å². The molecular weight excluding hydrogens is 522 g/mol. The van der Waals surface area contributed by atoms with Crippen LogP contribution in [0.1, 0.15) is 27.9 Å². The third-order valence-electron chi connectivity index (χ3n) is 7.64. The van der Waals surface area contributed by atoms with E-state index < -0.39 is 6.04 Å². The van der Waals surface area contributed by atoms with Crippen LogP contribution in [-0.2, 0) is 17.6 Å². The van der Waals surface area contributed by atoms with E-state index in [1.165, 1.54) is 0 Å². The molecule has 1 aliphatic heterocycles. The zero-order valence-corrected chi connectivity index (χ0v) is 22.7. The van der Waals surface area contributed by atoms with Crippen molar-refractivity contribution in [3.05, 3.63) is 126 Å². The Morgan fingerprint density at radius 3 is 2.50 bits per heavy atom. The van der Waals surface area contributed by atoms with E-state index in [0.717, 1.165) is 50.0 Å². The molecule has 1 atom stereocenters. The monoisotopic (exact) mass is 549 g/mol. The van der Waals surface area contributed by atoms with Gasteiger partial charge >= 0.3 is 0 Å². The van der Waals surface area contributed by atoms with Crippen LogP contribution in [0.2, 0.25) is 0 Å². The number of carbonyl (C=O) groups excluding carboxylic acids is 2. The molecule has 0 fully saturated rings. The molecule has 0 unspecified atom stereocenters. The minimum Gasteiger partial charge on any atom is -0.342 e. The summed E-state index contributed by atoms with van der Waals surface area (Å²) in [6.07, 6.45) is 3.07. The second kappa shape index (κ2) is 10.9. The van der Waals surface area contributed by atoms with Crippen molar-refractivity contribution in [3.8, 4) is 11.5 Å². The second-order valence-electron chi connectivity index (χ2n) is 10.6. The minimum absolute atomic E-state index is 0.0638. The van der Waals surface area contributed by atoms with Crippen LogP contribution in [0, 0.1) is 0 Å². The highest BCUT2D eigenvalue weighted by Gasteiger charge is 2.25. The number of benzene rings is 4. The molecule has 0 saturated carbocycles. The molecule has 1 amide bonds. The van der Waals surface area contributed by atoms with Gasteiger partial charge < -0.3 is 10.3 Å². The standard InChI is InChI=1S/C35H27N5O2/c41-33(20-27-17-24-11-6-7-13-28(24)37-27)31(16-22-8-2-1-3-9-22)40-35(42)25-14-15-29-30(19-25)39-34(38-29)32-18-23-10-4-5-12-26(23)21-36-32/h1-15,18-19,21,31H,16-17,20H2,(H,38,39)(H,40,42)/t31-/m0/s1. The number of nitrogens with one attached hydrogen (secondary N) is 2. The van der Waals surface area contributed by atoms with Gasteiger partial charge in [-0.25, -0.2) is 4.98 Å². The van der Waals surface area contributed by atoms with Gasteiger partial charge in [0.15, 0.2) is 11.6 Å². The van der Waals surface area contributed by atoms with Crippen LogP contribution in [0.15, 0.2) is 114 Å². The van der Waals surface area contributed by atoms with E-state index in [1.807, 2.05) is 97.2 Å². The van der Waals surface area contributed by atoms with E-state index >= 15 is 0 Å². The number of nitrogens with zero attached hydrogens (tertiary/aromatic N) is 3. The number of hydrogen-bond acceptors (Lipinski definition) is 5. The first kappa shape index (κ1) is 25.5. The summed E-state index contributed by atoms with van der Waals surface area (Å²) in [6.45, 7) is 0. The number of aliphatic imine (C=N–C) groups is 1. The molecule has 2 N–H and O–H groups in total. The normalized spacial score (nSPS) is 13.1. The fourth-order valence-electron chi connectivity index (χ4n) is 5.45. The van der Waals surface area contributed by atoms with Crippen molar-refractivity contribution in [2.75, 3.05) is 0 Å². The quantitative estimate of drug-likeness (QED) is 0.229. The van der Waals surface area contributed by atoms with E-state index in [9.17, 15) is 9.59 Å². The maximum atomic E-state index is 13.6. The van der Waals surface area contributed by atoms with Crippen LogP contribution < -0.4 is 5.32 Å². The zero-order chi connectivity index (χ0) is 28.5. The van der Waals surface area contributed by atoms with E-state index in [2.05, 4.69) is 20.3 Å². The van der Waals surface area contributed by atoms with Gasteiger partial charge in [0, 0.05) is 35.7 Å². The summed E-state index contributed by atoms with van der Waals surface area (Å²) < 4.78 is 0. The number of ketones is 1. The van der Waals surface area contributed by atoms with Crippen molar-refractivity contribution in [1.82, 2.24) is 20.3 Å². The molecule has 0 bridgehead atoms. The molecule has 4 aromatic carbocycles. The topological polar surface area (TPSA) is 100 Å². The van der Waals surface area contributed by atoms with Gasteiger partial charge in [-0.3, -0.25) is 19.6 Å². The molecule has 3 heterocycles. The number of rotatable bonds is 8. The number of fused-ring (bicyclic) bond motifs is 3. The number of Topliss-reactive ketones (excluding diaryl/α,β-unsaturated/α-hetero) is 1. The maximum absolute atomic E-state index is 13.6. The Morgan fingerprint density at radius 2 is 1.64 bits per heavy atom. The van der Waals surface area contributed by atoms with Gasteiger partial charge in [-0.2, -0.15) is 0 Å². The molecule has 204 valence electrons. The van der Waals surface area contributed by atoms with Crippen molar-refractivity contribution >= 4 is 44.9 Å². The summed E-state index contributed by atoms with van der Waals surface area (Å²) in [6, 6.07) is 32.3. The molecule has 0 spiro atoms. The fraction of sp³-hybridized carbons (Fsp3) is 0.114. The number of aromatic nitrogens is 3. The first-order valence-electron chi connectivity index (χ1n) is 14.0. The molecule has 42 heavy (non-hydrogen) atoms. The molecule has 7 rings (SSSR count). The van der Waals surface area contributed by atoms with Crippen molar-refractivity contribution in [3.63, 3.8) is 0 Å². The van der Waals surface area contributed by atoms with Gasteiger partial charge in [0.05, 0.1) is 22.8 Å². The molecule has 2 aromatic heterocycles. The minimum atomic E-state index is -0.693. The number of hydrogen-bond donors (Lipinski definition) is 2. The Labute approximate surface area is 242 Å². The Morgan fingerprint density at radius 1 is 0.857 bits per heavy atom. The van der Waals surface area contributed by atoms with Crippen LogP contribution in [0.5, 0.6) is 0 Å². The predicted molar refractivity (Wildman–Crippen MR) is 165 cm³/mol. The summed E-state index contributed by atoms with van der Waals surface area (Å²) in [5, 5.41) is 5.14. The number of pyridine rings is 1. The maximum Gasteiger partial charge on any atom is 0.251 e. The van der Waals surface area contributed by atoms with Crippen molar-refractivity contribution in [2.45, 2.75) is 25.3 Å². The average molecular weight is 550 g/mol. The van der Waals surface area contributed by atoms with Gasteiger partial charge in [-0.15, -0.1) is 0 Å². The summed E-state index contributed by atoms with van der Waals surface area (Å²) in [5.41, 5.74) is 6.45. The average Bonchev–Trinajstić information content (AvgIpc) is 3.64. The first-order valence-corrected chi connectivity index (χ1v) is 14.0.